The number of benzene rings is 1. The van der Waals surface area contributed by atoms with Crippen LogP contribution in [0.1, 0.15) is 31.2 Å². The summed E-state index contributed by atoms with van der Waals surface area (Å²) >= 11 is 0. The molecule has 1 heteroatoms. The molecule has 1 aliphatic carbocycles. The number of hydrogen-bond donors (Lipinski definition) is 0. The van der Waals surface area contributed by atoms with Crippen molar-refractivity contribution in [3.8, 4) is 0 Å². The van der Waals surface area contributed by atoms with Crippen LogP contribution in [0.2, 0.25) is 0 Å². The fraction of sp³-hybridized carbons (Fsp3) is 0.500. The van der Waals surface area contributed by atoms with Crippen LogP contribution in [0.5, 0.6) is 0 Å². The zero-order chi connectivity index (χ0) is 10.3. The third-order valence-corrected chi connectivity index (χ3v) is 2.99. The Kier molecular flexibility index (Phi) is 4.22. The molecule has 15 heavy (non-hydrogen) atoms. The molecule has 81 valence electrons. The maximum Gasteiger partial charge on any atom is 0.0717 e. The Hall–Kier alpha value is -0.820. The van der Waals surface area contributed by atoms with E-state index in [1.54, 1.807) is 0 Å². The highest BCUT2D eigenvalue weighted by Gasteiger charge is 2.13. The van der Waals surface area contributed by atoms with Gasteiger partial charge in [0.05, 0.1) is 6.61 Å². The lowest BCUT2D eigenvalue weighted by atomic mass is 9.90. The van der Waals surface area contributed by atoms with E-state index < -0.39 is 0 Å². The monoisotopic (exact) mass is 203 g/mol. The Morgan fingerprint density at radius 2 is 2.07 bits per heavy atom. The third kappa shape index (κ3) is 3.67. The lowest BCUT2D eigenvalue weighted by Gasteiger charge is -2.21. The Labute approximate surface area is 92.5 Å². The average Bonchev–Trinajstić information content (AvgIpc) is 2.32. The van der Waals surface area contributed by atoms with Crippen LogP contribution in [0.15, 0.2) is 30.3 Å². The SMILES string of the molecule is [CH]1CCCC(COCc2ccccc2)C1. The van der Waals surface area contributed by atoms with Gasteiger partial charge in [0.2, 0.25) is 0 Å². The first-order valence-electron chi connectivity index (χ1n) is 5.88. The normalized spacial score (nSPS) is 17.9. The van der Waals surface area contributed by atoms with Gasteiger partial charge in [0, 0.05) is 6.61 Å². The quantitative estimate of drug-likeness (QED) is 0.726. The van der Waals surface area contributed by atoms with Crippen molar-refractivity contribution in [3.05, 3.63) is 42.3 Å². The molecule has 2 rings (SSSR count). The Bertz CT molecular complexity index is 262. The van der Waals surface area contributed by atoms with Gasteiger partial charge in [-0.1, -0.05) is 43.2 Å². The van der Waals surface area contributed by atoms with E-state index in [0.717, 1.165) is 19.1 Å². The minimum Gasteiger partial charge on any atom is -0.376 e. The number of ether oxygens (including phenoxy) is 1. The predicted octanol–water partition coefficient (Wildman–Crippen LogP) is 3.60. The van der Waals surface area contributed by atoms with E-state index in [4.69, 9.17) is 4.74 Å². The molecule has 0 bridgehead atoms. The van der Waals surface area contributed by atoms with Gasteiger partial charge < -0.3 is 4.74 Å². The molecule has 1 aliphatic rings. The molecule has 1 fully saturated rings. The lowest BCUT2D eigenvalue weighted by Crippen LogP contribution is -2.13. The summed E-state index contributed by atoms with van der Waals surface area (Å²) in [5, 5.41) is 0. The van der Waals surface area contributed by atoms with Crippen LogP contribution in [0.25, 0.3) is 0 Å². The van der Waals surface area contributed by atoms with Gasteiger partial charge >= 0.3 is 0 Å². The molecule has 1 unspecified atom stereocenters. The van der Waals surface area contributed by atoms with Crippen LogP contribution in [-0.4, -0.2) is 6.61 Å². The molecule has 0 spiro atoms. The molecule has 1 nitrogen and oxygen atoms in total. The van der Waals surface area contributed by atoms with Gasteiger partial charge in [-0.05, 0) is 30.7 Å². The van der Waals surface area contributed by atoms with Gasteiger partial charge in [-0.2, -0.15) is 0 Å². The van der Waals surface area contributed by atoms with Crippen LogP contribution in [0.4, 0.5) is 0 Å². The molecule has 1 aromatic rings. The molecule has 1 atom stereocenters. The van der Waals surface area contributed by atoms with E-state index in [0.29, 0.717) is 0 Å². The van der Waals surface area contributed by atoms with Crippen LogP contribution < -0.4 is 0 Å². The van der Waals surface area contributed by atoms with Crippen LogP contribution in [0.3, 0.4) is 0 Å². The highest BCUT2D eigenvalue weighted by Crippen LogP contribution is 2.23. The van der Waals surface area contributed by atoms with E-state index >= 15 is 0 Å². The third-order valence-electron chi connectivity index (χ3n) is 2.99. The van der Waals surface area contributed by atoms with Gasteiger partial charge in [-0.25, -0.2) is 0 Å². The summed E-state index contributed by atoms with van der Waals surface area (Å²) in [6, 6.07) is 10.4. The summed E-state index contributed by atoms with van der Waals surface area (Å²) < 4.78 is 5.74. The summed E-state index contributed by atoms with van der Waals surface area (Å²) in [4.78, 5) is 0. The second kappa shape index (κ2) is 5.92. The fourth-order valence-corrected chi connectivity index (χ4v) is 2.09. The van der Waals surface area contributed by atoms with Gasteiger partial charge in [-0.3, -0.25) is 0 Å². The Balaban J connectivity index is 1.66. The summed E-state index contributed by atoms with van der Waals surface area (Å²) in [5.41, 5.74) is 1.28. The van der Waals surface area contributed by atoms with E-state index in [2.05, 4.69) is 30.7 Å². The van der Waals surface area contributed by atoms with Crippen molar-refractivity contribution in [2.24, 2.45) is 5.92 Å². The van der Waals surface area contributed by atoms with Crippen molar-refractivity contribution in [2.45, 2.75) is 32.3 Å². The van der Waals surface area contributed by atoms with E-state index in [1.165, 1.54) is 31.2 Å². The van der Waals surface area contributed by atoms with Crippen LogP contribution >= 0.6 is 0 Å². The molecule has 1 saturated carbocycles. The van der Waals surface area contributed by atoms with Crippen LogP contribution in [0, 0.1) is 12.3 Å². The molecule has 0 saturated heterocycles. The first-order valence-corrected chi connectivity index (χ1v) is 5.88. The summed E-state index contributed by atoms with van der Waals surface area (Å²) in [6.07, 6.45) is 7.63. The van der Waals surface area contributed by atoms with Crippen molar-refractivity contribution in [1.29, 1.82) is 0 Å². The van der Waals surface area contributed by atoms with E-state index in [1.807, 2.05) is 6.07 Å². The second-order valence-corrected chi connectivity index (χ2v) is 4.32. The van der Waals surface area contributed by atoms with Crippen LogP contribution in [-0.2, 0) is 11.3 Å². The van der Waals surface area contributed by atoms with Crippen molar-refractivity contribution in [1.82, 2.24) is 0 Å². The highest BCUT2D eigenvalue weighted by atomic mass is 16.5. The molecular formula is C14H19O. The standard InChI is InChI=1S/C14H19O/c1-3-7-13(8-4-1)11-15-12-14-9-5-2-6-10-14/h1,3-5,7-8,14H,2,6,9-12H2. The fourth-order valence-electron chi connectivity index (χ4n) is 2.09. The van der Waals surface area contributed by atoms with Crippen molar-refractivity contribution in [2.75, 3.05) is 6.61 Å². The zero-order valence-corrected chi connectivity index (χ0v) is 9.19. The minimum atomic E-state index is 0.761. The first-order chi connectivity index (χ1) is 7.45. The Morgan fingerprint density at radius 1 is 1.20 bits per heavy atom. The lowest BCUT2D eigenvalue weighted by molar-refractivity contribution is 0.0793. The summed E-state index contributed by atoms with van der Waals surface area (Å²) in [5.74, 6) is 0.766. The van der Waals surface area contributed by atoms with Crippen molar-refractivity contribution >= 4 is 0 Å². The zero-order valence-electron chi connectivity index (χ0n) is 9.19. The number of hydrogen-bond acceptors (Lipinski definition) is 1. The summed E-state index contributed by atoms with van der Waals surface area (Å²) in [6.45, 7) is 1.68. The predicted molar refractivity (Wildman–Crippen MR) is 62.4 cm³/mol. The molecule has 1 radical (unpaired) electrons. The maximum absolute atomic E-state index is 5.74. The molecule has 0 amide bonds. The first kappa shape index (κ1) is 10.7. The smallest absolute Gasteiger partial charge is 0.0717 e. The van der Waals surface area contributed by atoms with Gasteiger partial charge in [-0.15, -0.1) is 0 Å². The van der Waals surface area contributed by atoms with Gasteiger partial charge in [0.15, 0.2) is 0 Å². The number of rotatable bonds is 4. The van der Waals surface area contributed by atoms with E-state index in [9.17, 15) is 0 Å². The topological polar surface area (TPSA) is 9.23 Å². The maximum atomic E-state index is 5.74. The minimum absolute atomic E-state index is 0.761. The molecule has 0 heterocycles. The van der Waals surface area contributed by atoms with Crippen molar-refractivity contribution in [3.63, 3.8) is 0 Å². The molecule has 0 aliphatic heterocycles. The van der Waals surface area contributed by atoms with Gasteiger partial charge in [0.1, 0.15) is 0 Å². The Morgan fingerprint density at radius 3 is 2.80 bits per heavy atom. The van der Waals surface area contributed by atoms with Gasteiger partial charge in [0.25, 0.3) is 0 Å². The molecular weight excluding hydrogens is 184 g/mol. The van der Waals surface area contributed by atoms with Crippen molar-refractivity contribution < 1.29 is 4.74 Å². The molecule has 1 aromatic carbocycles. The molecule has 0 aromatic heterocycles. The average molecular weight is 203 g/mol. The second-order valence-electron chi connectivity index (χ2n) is 4.32. The van der Waals surface area contributed by atoms with E-state index in [-0.39, 0.29) is 0 Å². The highest BCUT2D eigenvalue weighted by molar-refractivity contribution is 5.13. The largest absolute Gasteiger partial charge is 0.376 e. The summed E-state index contributed by atoms with van der Waals surface area (Å²) in [7, 11) is 0. The molecule has 0 N–H and O–H groups in total.